The number of halogens is 1. The van der Waals surface area contributed by atoms with Gasteiger partial charge in [-0.05, 0) is 71.3 Å². The second-order valence-electron chi connectivity index (χ2n) is 10.7. The summed E-state index contributed by atoms with van der Waals surface area (Å²) in [5, 5.41) is 6.77. The lowest BCUT2D eigenvalue weighted by atomic mass is 10.1. The van der Waals surface area contributed by atoms with Crippen molar-refractivity contribution in [3.63, 3.8) is 0 Å². The monoisotopic (exact) mass is 690 g/mol. The van der Waals surface area contributed by atoms with Gasteiger partial charge in [0.25, 0.3) is 5.91 Å². The number of fused-ring (bicyclic) bond motifs is 1. The second kappa shape index (κ2) is 16.1. The standard InChI is InChI=1S/C37H39ClN2O9/c1-42-29-20-24(36-39-27-12-11-25(38)21-26(27)37(41)40-36)10-13-28(29)48-14-7-15-49-35-32(45-4)18-23(19-33(35)46-5)9-8-22-16-30(43-2)34(47-6)31(17-22)44-3/h8-13,16-21,36,39H,7,14-15H2,1-6H3,(H,40,41). The number of benzene rings is 4. The quantitative estimate of drug-likeness (QED) is 0.0975. The lowest BCUT2D eigenvalue weighted by Gasteiger charge is -2.28. The maximum atomic E-state index is 12.7. The van der Waals surface area contributed by atoms with E-state index in [9.17, 15) is 4.79 Å². The summed E-state index contributed by atoms with van der Waals surface area (Å²) in [5.41, 5.74) is 3.70. The molecule has 1 atom stereocenters. The minimum absolute atomic E-state index is 0.212. The third-order valence-electron chi connectivity index (χ3n) is 7.75. The van der Waals surface area contributed by atoms with Crippen LogP contribution in [0.4, 0.5) is 5.69 Å². The van der Waals surface area contributed by atoms with Crippen LogP contribution >= 0.6 is 11.6 Å². The largest absolute Gasteiger partial charge is 0.493 e. The number of hydrogen-bond acceptors (Lipinski definition) is 10. The summed E-state index contributed by atoms with van der Waals surface area (Å²) in [6.07, 6.45) is 3.97. The van der Waals surface area contributed by atoms with E-state index in [1.54, 1.807) is 60.9 Å². The van der Waals surface area contributed by atoms with Gasteiger partial charge in [-0.25, -0.2) is 0 Å². The Morgan fingerprint density at radius 3 is 1.76 bits per heavy atom. The molecule has 12 heteroatoms. The zero-order valence-corrected chi connectivity index (χ0v) is 28.9. The van der Waals surface area contributed by atoms with Gasteiger partial charge in [-0.3, -0.25) is 4.79 Å². The summed E-state index contributed by atoms with van der Waals surface area (Å²) in [4.78, 5) is 12.7. The summed E-state index contributed by atoms with van der Waals surface area (Å²) in [5.74, 6) is 4.07. The van der Waals surface area contributed by atoms with Crippen molar-refractivity contribution in [2.45, 2.75) is 12.6 Å². The third kappa shape index (κ3) is 8.01. The van der Waals surface area contributed by atoms with Crippen molar-refractivity contribution in [3.8, 4) is 46.0 Å². The molecule has 49 heavy (non-hydrogen) atoms. The highest BCUT2D eigenvalue weighted by Crippen LogP contribution is 2.41. The molecule has 2 N–H and O–H groups in total. The SMILES string of the molecule is COc1cc(C2NC(=O)c3cc(Cl)ccc3N2)ccc1OCCCOc1c(OC)cc(C=Cc2cc(OC)c(OC)c(OC)c2)cc1OC. The van der Waals surface area contributed by atoms with E-state index in [1.165, 1.54) is 0 Å². The van der Waals surface area contributed by atoms with Crippen molar-refractivity contribution < 1.29 is 42.7 Å². The lowest BCUT2D eigenvalue weighted by molar-refractivity contribution is 0.0935. The fraction of sp³-hybridized carbons (Fsp3) is 0.270. The zero-order valence-electron chi connectivity index (χ0n) is 28.2. The number of methoxy groups -OCH3 is 6. The summed E-state index contributed by atoms with van der Waals surface area (Å²) >= 11 is 6.06. The summed E-state index contributed by atoms with van der Waals surface area (Å²) in [6.45, 7) is 0.706. The molecule has 0 saturated carbocycles. The Morgan fingerprint density at radius 2 is 1.18 bits per heavy atom. The smallest absolute Gasteiger partial charge is 0.255 e. The van der Waals surface area contributed by atoms with Crippen LogP contribution in [0.2, 0.25) is 5.02 Å². The van der Waals surface area contributed by atoms with E-state index in [0.717, 1.165) is 16.7 Å². The molecule has 0 bridgehead atoms. The van der Waals surface area contributed by atoms with Crippen molar-refractivity contribution >= 4 is 35.3 Å². The Bertz CT molecular complexity index is 1780. The van der Waals surface area contributed by atoms with Crippen molar-refractivity contribution in [3.05, 3.63) is 87.9 Å². The van der Waals surface area contributed by atoms with Crippen LogP contribution in [0.15, 0.2) is 60.7 Å². The van der Waals surface area contributed by atoms with E-state index >= 15 is 0 Å². The number of nitrogens with one attached hydrogen (secondary N) is 2. The molecule has 5 rings (SSSR count). The molecule has 4 aromatic carbocycles. The zero-order chi connectivity index (χ0) is 34.9. The van der Waals surface area contributed by atoms with Crippen LogP contribution in [0.1, 0.15) is 39.6 Å². The Hall–Kier alpha value is -5.42. The molecule has 1 heterocycles. The van der Waals surface area contributed by atoms with Crippen molar-refractivity contribution in [2.24, 2.45) is 0 Å². The molecule has 1 aliphatic heterocycles. The molecule has 0 spiro atoms. The van der Waals surface area contributed by atoms with Gasteiger partial charge in [-0.1, -0.05) is 29.8 Å². The van der Waals surface area contributed by atoms with Crippen molar-refractivity contribution in [1.29, 1.82) is 0 Å². The van der Waals surface area contributed by atoms with E-state index in [0.29, 0.717) is 81.9 Å². The Morgan fingerprint density at radius 1 is 0.612 bits per heavy atom. The normalized spacial score (nSPS) is 13.5. The highest BCUT2D eigenvalue weighted by Gasteiger charge is 2.25. The number of ether oxygens (including phenoxy) is 8. The highest BCUT2D eigenvalue weighted by atomic mass is 35.5. The number of anilines is 1. The van der Waals surface area contributed by atoms with Gasteiger partial charge in [-0.15, -0.1) is 0 Å². The van der Waals surface area contributed by atoms with Gasteiger partial charge in [-0.2, -0.15) is 0 Å². The summed E-state index contributed by atoms with van der Waals surface area (Å²) < 4.78 is 45.4. The first-order valence-electron chi connectivity index (χ1n) is 15.4. The summed E-state index contributed by atoms with van der Waals surface area (Å²) in [6, 6.07) is 18.1. The molecule has 0 radical (unpaired) electrons. The third-order valence-corrected chi connectivity index (χ3v) is 7.99. The van der Waals surface area contributed by atoms with Crippen molar-refractivity contribution in [2.75, 3.05) is 61.2 Å². The first-order chi connectivity index (χ1) is 23.8. The van der Waals surface area contributed by atoms with Crippen LogP contribution < -0.4 is 48.5 Å². The minimum Gasteiger partial charge on any atom is -0.493 e. The molecule has 1 amide bonds. The minimum atomic E-state index is -0.446. The van der Waals surface area contributed by atoms with E-state index in [4.69, 9.17) is 49.5 Å². The number of hydrogen-bond donors (Lipinski definition) is 2. The van der Waals surface area contributed by atoms with Gasteiger partial charge in [0.15, 0.2) is 34.5 Å². The van der Waals surface area contributed by atoms with Gasteiger partial charge >= 0.3 is 0 Å². The van der Waals surface area contributed by atoms with Gasteiger partial charge in [0.2, 0.25) is 11.5 Å². The van der Waals surface area contributed by atoms with Gasteiger partial charge < -0.3 is 48.5 Å². The number of rotatable bonds is 15. The molecular weight excluding hydrogens is 652 g/mol. The van der Waals surface area contributed by atoms with E-state index in [1.807, 2.05) is 54.6 Å². The number of carbonyl (C=O) groups excluding carboxylic acids is 1. The molecule has 0 saturated heterocycles. The molecule has 0 fully saturated rings. The van der Waals surface area contributed by atoms with Crippen LogP contribution in [0.5, 0.6) is 46.0 Å². The molecule has 1 unspecified atom stereocenters. The number of amides is 1. The molecule has 11 nitrogen and oxygen atoms in total. The predicted octanol–water partition coefficient (Wildman–Crippen LogP) is 7.26. The summed E-state index contributed by atoms with van der Waals surface area (Å²) in [7, 11) is 9.45. The fourth-order valence-corrected chi connectivity index (χ4v) is 5.50. The Kier molecular flexibility index (Phi) is 11.5. The van der Waals surface area contributed by atoms with Gasteiger partial charge in [0.1, 0.15) is 6.17 Å². The predicted molar refractivity (Wildman–Crippen MR) is 188 cm³/mol. The van der Waals surface area contributed by atoms with E-state index < -0.39 is 6.17 Å². The van der Waals surface area contributed by atoms with Crippen molar-refractivity contribution in [1.82, 2.24) is 5.32 Å². The molecule has 0 aliphatic carbocycles. The van der Waals surface area contributed by atoms with E-state index in [2.05, 4.69) is 10.6 Å². The second-order valence-corrected chi connectivity index (χ2v) is 11.2. The first-order valence-corrected chi connectivity index (χ1v) is 15.7. The van der Waals surface area contributed by atoms with Crippen LogP contribution in [0.25, 0.3) is 12.2 Å². The maximum absolute atomic E-state index is 12.7. The topological polar surface area (TPSA) is 115 Å². The van der Waals surface area contributed by atoms with Crippen LogP contribution in [0.3, 0.4) is 0 Å². The van der Waals surface area contributed by atoms with Crippen LogP contribution in [-0.4, -0.2) is 61.8 Å². The molecule has 258 valence electrons. The van der Waals surface area contributed by atoms with Gasteiger partial charge in [0.05, 0.1) is 61.4 Å². The first kappa shape index (κ1) is 34.9. The fourth-order valence-electron chi connectivity index (χ4n) is 5.32. The van der Waals surface area contributed by atoms with Crippen LogP contribution in [-0.2, 0) is 0 Å². The molecule has 1 aliphatic rings. The maximum Gasteiger partial charge on any atom is 0.255 e. The van der Waals surface area contributed by atoms with Crippen LogP contribution in [0, 0.1) is 0 Å². The Labute approximate surface area is 290 Å². The average Bonchev–Trinajstić information content (AvgIpc) is 3.13. The highest BCUT2D eigenvalue weighted by molar-refractivity contribution is 6.31. The lowest BCUT2D eigenvalue weighted by Crippen LogP contribution is -2.38. The molecule has 4 aromatic rings. The number of carbonyl (C=O) groups is 1. The van der Waals surface area contributed by atoms with E-state index in [-0.39, 0.29) is 5.91 Å². The van der Waals surface area contributed by atoms with Gasteiger partial charge in [0, 0.05) is 17.1 Å². The molecule has 0 aromatic heterocycles. The Balaban J connectivity index is 1.20. The average molecular weight is 691 g/mol. The molecular formula is C37H39ClN2O9.